The van der Waals surface area contributed by atoms with Crippen LogP contribution in [-0.4, -0.2) is 51.1 Å². The molecule has 0 bridgehead atoms. The second-order valence-corrected chi connectivity index (χ2v) is 8.90. The number of esters is 2. The van der Waals surface area contributed by atoms with Crippen molar-refractivity contribution in [3.05, 3.63) is 0 Å². The molecule has 0 aromatic rings. The molecule has 0 saturated heterocycles. The van der Waals surface area contributed by atoms with Crippen molar-refractivity contribution in [2.75, 3.05) is 26.9 Å². The van der Waals surface area contributed by atoms with E-state index in [-0.39, 0.29) is 37.0 Å². The Morgan fingerprint density at radius 3 is 1.61 bits per heavy atom. The van der Waals surface area contributed by atoms with Crippen LogP contribution in [0.1, 0.15) is 124 Å². The third-order valence-electron chi connectivity index (χ3n) is 5.78. The van der Waals surface area contributed by atoms with Crippen molar-refractivity contribution in [2.45, 2.75) is 136 Å². The van der Waals surface area contributed by atoms with Gasteiger partial charge in [0.25, 0.3) is 0 Å². The molecule has 0 aliphatic rings. The molecular formula is C27H52O6. The highest BCUT2D eigenvalue weighted by Crippen LogP contribution is 2.16. The van der Waals surface area contributed by atoms with E-state index in [2.05, 4.69) is 13.8 Å². The van der Waals surface area contributed by atoms with Crippen molar-refractivity contribution < 1.29 is 28.5 Å². The predicted octanol–water partition coefficient (Wildman–Crippen LogP) is 6.77. The first-order valence-electron chi connectivity index (χ1n) is 13.5. The highest BCUT2D eigenvalue weighted by Gasteiger charge is 2.17. The molecule has 196 valence electrons. The van der Waals surface area contributed by atoms with Gasteiger partial charge in [-0.1, -0.05) is 52.4 Å². The number of rotatable bonds is 24. The summed E-state index contributed by atoms with van der Waals surface area (Å²) in [5.41, 5.74) is 0. The van der Waals surface area contributed by atoms with Gasteiger partial charge in [0.05, 0.1) is 6.61 Å². The quantitative estimate of drug-likeness (QED) is 0.114. The lowest BCUT2D eigenvalue weighted by molar-refractivity contribution is -0.152. The van der Waals surface area contributed by atoms with E-state index < -0.39 is 0 Å². The van der Waals surface area contributed by atoms with E-state index in [1.54, 1.807) is 7.11 Å². The molecule has 33 heavy (non-hydrogen) atoms. The van der Waals surface area contributed by atoms with Gasteiger partial charge in [0.2, 0.25) is 0 Å². The van der Waals surface area contributed by atoms with Crippen molar-refractivity contribution >= 4 is 11.9 Å². The number of ether oxygens (including phenoxy) is 4. The highest BCUT2D eigenvalue weighted by atomic mass is 16.5. The summed E-state index contributed by atoms with van der Waals surface area (Å²) in [6.45, 7) is 8.30. The van der Waals surface area contributed by atoms with Crippen LogP contribution in [0.2, 0.25) is 0 Å². The van der Waals surface area contributed by atoms with Crippen LogP contribution in [0.3, 0.4) is 0 Å². The first-order chi connectivity index (χ1) is 16.1. The molecule has 0 aliphatic carbocycles. The van der Waals surface area contributed by atoms with Crippen LogP contribution in [0.15, 0.2) is 0 Å². The minimum Gasteiger partial charge on any atom is -0.462 e. The third kappa shape index (κ3) is 21.2. The normalized spacial score (nSPS) is 13.0. The molecule has 2 unspecified atom stereocenters. The Balaban J connectivity index is 4.31. The summed E-state index contributed by atoms with van der Waals surface area (Å²) in [4.78, 5) is 24.7. The fourth-order valence-corrected chi connectivity index (χ4v) is 3.80. The van der Waals surface area contributed by atoms with Gasteiger partial charge >= 0.3 is 11.9 Å². The summed E-state index contributed by atoms with van der Waals surface area (Å²) >= 11 is 0. The van der Waals surface area contributed by atoms with Gasteiger partial charge in [-0.15, -0.1) is 0 Å². The maximum atomic E-state index is 12.3. The van der Waals surface area contributed by atoms with Crippen LogP contribution in [0.25, 0.3) is 0 Å². The lowest BCUT2D eigenvalue weighted by Gasteiger charge is -2.19. The fraction of sp³-hybridized carbons (Fsp3) is 0.926. The summed E-state index contributed by atoms with van der Waals surface area (Å²) in [6.07, 6.45) is 14.3. The summed E-state index contributed by atoms with van der Waals surface area (Å²) in [6, 6.07) is 0. The van der Waals surface area contributed by atoms with Gasteiger partial charge in [-0.3, -0.25) is 9.59 Å². The van der Waals surface area contributed by atoms with Crippen LogP contribution in [-0.2, 0) is 28.5 Å². The molecule has 0 fully saturated rings. The number of hydrogen-bond acceptors (Lipinski definition) is 6. The van der Waals surface area contributed by atoms with Crippen LogP contribution >= 0.6 is 0 Å². The summed E-state index contributed by atoms with van der Waals surface area (Å²) < 4.78 is 22.0. The molecule has 0 saturated carbocycles. The molecule has 2 atom stereocenters. The monoisotopic (exact) mass is 472 g/mol. The van der Waals surface area contributed by atoms with E-state index in [9.17, 15) is 9.59 Å². The minimum atomic E-state index is -0.226. The van der Waals surface area contributed by atoms with Crippen molar-refractivity contribution in [1.82, 2.24) is 0 Å². The number of methoxy groups -OCH3 is 1. The van der Waals surface area contributed by atoms with Gasteiger partial charge in [-0.2, -0.15) is 0 Å². The van der Waals surface area contributed by atoms with E-state index in [1.807, 2.05) is 6.92 Å². The van der Waals surface area contributed by atoms with Gasteiger partial charge in [0, 0.05) is 39.6 Å². The molecule has 0 rings (SSSR count). The first-order valence-corrected chi connectivity index (χ1v) is 13.5. The van der Waals surface area contributed by atoms with Crippen LogP contribution < -0.4 is 0 Å². The number of carbonyl (C=O) groups is 2. The molecule has 6 nitrogen and oxygen atoms in total. The van der Waals surface area contributed by atoms with Crippen molar-refractivity contribution in [3.8, 4) is 0 Å². The number of carbonyl (C=O) groups excluding carboxylic acids is 2. The molecule has 0 heterocycles. The van der Waals surface area contributed by atoms with E-state index in [0.29, 0.717) is 26.2 Å². The average molecular weight is 473 g/mol. The number of unbranched alkanes of at least 4 members (excludes halogenated alkanes) is 6. The Labute approximate surface area is 203 Å². The number of hydrogen-bond donors (Lipinski definition) is 0. The highest BCUT2D eigenvalue weighted by molar-refractivity contribution is 5.72. The van der Waals surface area contributed by atoms with Crippen LogP contribution in [0.4, 0.5) is 0 Å². The van der Waals surface area contributed by atoms with Gasteiger partial charge in [-0.05, 0) is 51.9 Å². The van der Waals surface area contributed by atoms with Gasteiger partial charge in [0.15, 0.2) is 0 Å². The largest absolute Gasteiger partial charge is 0.462 e. The molecule has 0 aromatic heterocycles. The van der Waals surface area contributed by atoms with Gasteiger partial charge in [-0.25, -0.2) is 0 Å². The molecule has 0 amide bonds. The molecule has 6 heteroatoms. The maximum absolute atomic E-state index is 12.3. The minimum absolute atomic E-state index is 0.0532. The average Bonchev–Trinajstić information content (AvgIpc) is 2.79. The van der Waals surface area contributed by atoms with Crippen molar-refractivity contribution in [1.29, 1.82) is 0 Å². The standard InChI is InChI=1S/C27H52O6/c1-5-8-10-12-16-24(18-15-22-30-4)32-26(28)19-14-20-27(29)33-25(21-23-31-7-3)17-13-11-9-6-2/h24-25H,5-23H2,1-4H3. The second kappa shape index (κ2) is 24.0. The van der Waals surface area contributed by atoms with E-state index in [0.717, 1.165) is 51.4 Å². The lowest BCUT2D eigenvalue weighted by atomic mass is 10.1. The Morgan fingerprint density at radius 2 is 1.12 bits per heavy atom. The SMILES string of the molecule is CCCCCCC(CCCOC)OC(=O)CCCC(=O)OC(CCCCCC)CCOCC. The lowest BCUT2D eigenvalue weighted by Crippen LogP contribution is -2.21. The van der Waals surface area contributed by atoms with Gasteiger partial charge in [0.1, 0.15) is 12.2 Å². The van der Waals surface area contributed by atoms with Crippen molar-refractivity contribution in [2.24, 2.45) is 0 Å². The molecule has 0 aliphatic heterocycles. The molecular weight excluding hydrogens is 420 g/mol. The Morgan fingerprint density at radius 1 is 0.606 bits per heavy atom. The topological polar surface area (TPSA) is 71.1 Å². The predicted molar refractivity (Wildman–Crippen MR) is 133 cm³/mol. The second-order valence-electron chi connectivity index (χ2n) is 8.90. The molecule has 0 spiro atoms. The van der Waals surface area contributed by atoms with E-state index >= 15 is 0 Å². The molecule has 0 N–H and O–H groups in total. The summed E-state index contributed by atoms with van der Waals surface area (Å²) in [5.74, 6) is -0.441. The zero-order valence-electron chi connectivity index (χ0n) is 22.0. The van der Waals surface area contributed by atoms with Crippen LogP contribution in [0.5, 0.6) is 0 Å². The van der Waals surface area contributed by atoms with E-state index in [4.69, 9.17) is 18.9 Å². The Hall–Kier alpha value is -1.14. The smallest absolute Gasteiger partial charge is 0.306 e. The maximum Gasteiger partial charge on any atom is 0.306 e. The Bertz CT molecular complexity index is 414. The van der Waals surface area contributed by atoms with Gasteiger partial charge < -0.3 is 18.9 Å². The fourth-order valence-electron chi connectivity index (χ4n) is 3.80. The third-order valence-corrected chi connectivity index (χ3v) is 5.78. The molecule has 0 aromatic carbocycles. The summed E-state index contributed by atoms with van der Waals surface area (Å²) in [7, 11) is 1.69. The first kappa shape index (κ1) is 31.9. The summed E-state index contributed by atoms with van der Waals surface area (Å²) in [5, 5.41) is 0. The zero-order valence-corrected chi connectivity index (χ0v) is 22.0. The zero-order chi connectivity index (χ0) is 24.6. The van der Waals surface area contributed by atoms with Crippen molar-refractivity contribution in [3.63, 3.8) is 0 Å². The van der Waals surface area contributed by atoms with Crippen LogP contribution in [0, 0.1) is 0 Å². The Kier molecular flexibility index (Phi) is 23.2. The van der Waals surface area contributed by atoms with E-state index in [1.165, 1.54) is 32.1 Å². The molecule has 0 radical (unpaired) electrons.